The molecule has 0 saturated carbocycles. The van der Waals surface area contributed by atoms with Crippen LogP contribution >= 0.6 is 0 Å². The van der Waals surface area contributed by atoms with Crippen LogP contribution in [0, 0.1) is 11.7 Å². The van der Waals surface area contributed by atoms with Crippen LogP contribution in [0.15, 0.2) is 83.5 Å². The van der Waals surface area contributed by atoms with Gasteiger partial charge in [0, 0.05) is 18.7 Å². The third-order valence-electron chi connectivity index (χ3n) is 6.61. The highest BCUT2D eigenvalue weighted by molar-refractivity contribution is 6.02. The zero-order valence-electron chi connectivity index (χ0n) is 21.9. The van der Waals surface area contributed by atoms with Gasteiger partial charge >= 0.3 is 0 Å². The third-order valence-corrected chi connectivity index (χ3v) is 6.61. The lowest BCUT2D eigenvalue weighted by Crippen LogP contribution is -2.41. The maximum absolute atomic E-state index is 13.7. The van der Waals surface area contributed by atoms with E-state index in [0.717, 1.165) is 23.1 Å². The summed E-state index contributed by atoms with van der Waals surface area (Å²) in [4.78, 5) is 31.8. The molecular weight excluding hydrogens is 497 g/mol. The average Bonchev–Trinajstić information content (AvgIpc) is 3.41. The van der Waals surface area contributed by atoms with Gasteiger partial charge in [-0.2, -0.15) is 0 Å². The Labute approximate surface area is 226 Å². The van der Waals surface area contributed by atoms with Crippen LogP contribution in [0.4, 0.5) is 10.1 Å². The highest BCUT2D eigenvalue weighted by Gasteiger charge is 2.32. The molecule has 3 aromatic carbocycles. The minimum absolute atomic E-state index is 0.0224. The molecule has 1 aromatic heterocycles. The predicted octanol–water partition coefficient (Wildman–Crippen LogP) is 6.17. The fraction of sp³-hybridized carbons (Fsp3) is 0.258. The summed E-state index contributed by atoms with van der Waals surface area (Å²) in [5, 5.41) is 2.77. The normalized spacial score (nSPS) is 14.7. The number of anilines is 1. The van der Waals surface area contributed by atoms with Gasteiger partial charge in [-0.1, -0.05) is 50.2 Å². The van der Waals surface area contributed by atoms with Crippen LogP contribution in [0.1, 0.15) is 59.4 Å². The number of rotatable bonds is 8. The Balaban J connectivity index is 1.34. The predicted molar refractivity (Wildman–Crippen MR) is 145 cm³/mol. The van der Waals surface area contributed by atoms with Gasteiger partial charge in [-0.25, -0.2) is 9.37 Å². The van der Waals surface area contributed by atoms with Gasteiger partial charge in [0.2, 0.25) is 11.8 Å². The van der Waals surface area contributed by atoms with Crippen molar-refractivity contribution in [3.05, 3.63) is 113 Å². The molecule has 0 bridgehead atoms. The number of fused-ring (bicyclic) bond motifs is 1. The smallest absolute Gasteiger partial charge is 0.277 e. The third kappa shape index (κ3) is 6.17. The van der Waals surface area contributed by atoms with Crippen molar-refractivity contribution in [2.24, 2.45) is 5.92 Å². The zero-order chi connectivity index (χ0) is 27.4. The minimum atomic E-state index is -0.377. The Kier molecular flexibility index (Phi) is 7.72. The lowest BCUT2D eigenvalue weighted by Gasteiger charge is -2.38. The van der Waals surface area contributed by atoms with E-state index in [4.69, 9.17) is 9.15 Å². The first-order valence-electron chi connectivity index (χ1n) is 13.0. The van der Waals surface area contributed by atoms with E-state index in [-0.39, 0.29) is 47.8 Å². The molecule has 1 unspecified atom stereocenters. The number of hydrogen-bond donors (Lipinski definition) is 1. The molecule has 2 amide bonds. The van der Waals surface area contributed by atoms with Gasteiger partial charge in [-0.3, -0.25) is 9.59 Å². The Hall–Kier alpha value is -4.46. The van der Waals surface area contributed by atoms with Crippen LogP contribution in [-0.4, -0.2) is 28.2 Å². The summed E-state index contributed by atoms with van der Waals surface area (Å²) in [5.41, 5.74) is 3.71. The minimum Gasteiger partial charge on any atom is -0.484 e. The second-order valence-electron chi connectivity index (χ2n) is 9.99. The highest BCUT2D eigenvalue weighted by Crippen LogP contribution is 2.38. The molecule has 1 aliphatic heterocycles. The van der Waals surface area contributed by atoms with Crippen molar-refractivity contribution in [3.8, 4) is 5.75 Å². The van der Waals surface area contributed by atoms with E-state index in [1.165, 1.54) is 18.4 Å². The zero-order valence-corrected chi connectivity index (χ0v) is 21.9. The first kappa shape index (κ1) is 26.2. The Morgan fingerprint density at radius 2 is 1.87 bits per heavy atom. The number of halogens is 1. The number of nitrogens with zero attached hydrogens (tertiary/aromatic N) is 2. The molecule has 0 radical (unpaired) electrons. The van der Waals surface area contributed by atoms with Crippen molar-refractivity contribution in [3.63, 3.8) is 0 Å². The molecule has 4 aromatic rings. The van der Waals surface area contributed by atoms with Gasteiger partial charge in [-0.15, -0.1) is 0 Å². The van der Waals surface area contributed by atoms with Crippen LogP contribution in [0.5, 0.6) is 5.75 Å². The van der Waals surface area contributed by atoms with Crippen LogP contribution < -0.4 is 10.1 Å². The van der Waals surface area contributed by atoms with E-state index in [1.807, 2.05) is 55.1 Å². The Bertz CT molecular complexity index is 1450. The van der Waals surface area contributed by atoms with Gasteiger partial charge in [-0.05, 0) is 65.4 Å². The summed E-state index contributed by atoms with van der Waals surface area (Å²) in [6, 6.07) is 20.8. The molecule has 0 aliphatic carbocycles. The molecule has 200 valence electrons. The van der Waals surface area contributed by atoms with Gasteiger partial charge in [0.15, 0.2) is 12.3 Å². The number of aromatic nitrogens is 1. The molecule has 0 fully saturated rings. The van der Waals surface area contributed by atoms with E-state index in [2.05, 4.69) is 10.3 Å². The number of oxazole rings is 1. The molecule has 39 heavy (non-hydrogen) atoms. The average molecular weight is 528 g/mol. The second-order valence-corrected chi connectivity index (χ2v) is 9.99. The van der Waals surface area contributed by atoms with Crippen molar-refractivity contribution >= 4 is 17.5 Å². The van der Waals surface area contributed by atoms with Crippen LogP contribution in [0.25, 0.3) is 0 Å². The number of hydrogen-bond acceptors (Lipinski definition) is 5. The SMILES string of the molecule is CC(C)CC(=O)N1CCc2ccc(OCc3nc(C(=O)Nc4ccccc4)co3)cc2C1c1ccc(F)cc1. The maximum atomic E-state index is 13.7. The Morgan fingerprint density at radius 3 is 2.62 bits per heavy atom. The van der Waals surface area contributed by atoms with Crippen molar-refractivity contribution in [1.82, 2.24) is 9.88 Å². The van der Waals surface area contributed by atoms with Crippen LogP contribution in [0.3, 0.4) is 0 Å². The molecule has 2 heterocycles. The number of carbonyl (C=O) groups is 2. The lowest BCUT2D eigenvalue weighted by molar-refractivity contribution is -0.134. The number of carbonyl (C=O) groups excluding carboxylic acids is 2. The van der Waals surface area contributed by atoms with E-state index < -0.39 is 0 Å². The molecule has 1 N–H and O–H groups in total. The standard InChI is InChI=1S/C31H30FN3O4/c1-20(2)16-29(36)35-15-14-21-10-13-25(17-26(21)30(35)22-8-11-23(32)12-9-22)38-19-28-34-27(18-39-28)31(37)33-24-6-4-3-5-7-24/h3-13,17-18,20,30H,14-16,19H2,1-2H3,(H,33,37). The van der Waals surface area contributed by atoms with Crippen molar-refractivity contribution in [2.45, 2.75) is 39.3 Å². The van der Waals surface area contributed by atoms with Gasteiger partial charge < -0.3 is 19.4 Å². The van der Waals surface area contributed by atoms with Crippen LogP contribution in [-0.2, 0) is 17.8 Å². The first-order chi connectivity index (χ1) is 18.9. The van der Waals surface area contributed by atoms with Gasteiger partial charge in [0.1, 0.15) is 17.8 Å². The summed E-state index contributed by atoms with van der Waals surface area (Å²) in [6.07, 6.45) is 2.46. The molecule has 7 nitrogen and oxygen atoms in total. The monoisotopic (exact) mass is 527 g/mol. The van der Waals surface area contributed by atoms with Crippen molar-refractivity contribution in [2.75, 3.05) is 11.9 Å². The topological polar surface area (TPSA) is 84.7 Å². The van der Waals surface area contributed by atoms with Crippen molar-refractivity contribution < 1.29 is 23.1 Å². The molecule has 0 saturated heterocycles. The fourth-order valence-corrected chi connectivity index (χ4v) is 4.77. The first-order valence-corrected chi connectivity index (χ1v) is 13.0. The van der Waals surface area contributed by atoms with E-state index in [1.54, 1.807) is 24.3 Å². The quantitative estimate of drug-likeness (QED) is 0.296. The molecular formula is C31H30FN3O4. The van der Waals surface area contributed by atoms with Crippen LogP contribution in [0.2, 0.25) is 0 Å². The molecule has 5 rings (SSSR count). The summed E-state index contributed by atoms with van der Waals surface area (Å²) in [6.45, 7) is 4.65. The van der Waals surface area contributed by atoms with E-state index in [9.17, 15) is 14.0 Å². The molecule has 0 spiro atoms. The molecule has 1 atom stereocenters. The number of amides is 2. The van der Waals surface area contributed by atoms with E-state index in [0.29, 0.717) is 24.4 Å². The molecule has 8 heteroatoms. The molecule has 1 aliphatic rings. The summed E-state index contributed by atoms with van der Waals surface area (Å²) in [5.74, 6) is 0.426. The number of para-hydroxylation sites is 1. The second kappa shape index (κ2) is 11.5. The number of benzene rings is 3. The van der Waals surface area contributed by atoms with Gasteiger partial charge in [0.05, 0.1) is 6.04 Å². The van der Waals surface area contributed by atoms with E-state index >= 15 is 0 Å². The number of nitrogens with one attached hydrogen (secondary N) is 1. The summed E-state index contributed by atoms with van der Waals surface area (Å²) in [7, 11) is 0. The number of ether oxygens (including phenoxy) is 1. The summed E-state index contributed by atoms with van der Waals surface area (Å²) < 4.78 is 25.2. The summed E-state index contributed by atoms with van der Waals surface area (Å²) >= 11 is 0. The van der Waals surface area contributed by atoms with Gasteiger partial charge in [0.25, 0.3) is 5.91 Å². The highest BCUT2D eigenvalue weighted by atomic mass is 19.1. The Morgan fingerprint density at radius 1 is 1.10 bits per heavy atom. The fourth-order valence-electron chi connectivity index (χ4n) is 4.77. The lowest BCUT2D eigenvalue weighted by atomic mass is 9.87. The largest absolute Gasteiger partial charge is 0.484 e. The van der Waals surface area contributed by atoms with Crippen molar-refractivity contribution in [1.29, 1.82) is 0 Å². The maximum Gasteiger partial charge on any atom is 0.277 e.